The molecule has 0 saturated carbocycles. The first-order chi connectivity index (χ1) is 6.38. The van der Waals surface area contributed by atoms with Crippen LogP contribution in [-0.4, -0.2) is 26.5 Å². The van der Waals surface area contributed by atoms with Crippen molar-refractivity contribution in [3.05, 3.63) is 12.2 Å². The Labute approximate surface area is 78.6 Å². The van der Waals surface area contributed by atoms with Gasteiger partial charge < -0.3 is 5.11 Å². The minimum Gasteiger partial charge on any atom is -0.396 e. The molecule has 0 aromatic carbocycles. The molecule has 4 nitrogen and oxygen atoms in total. The van der Waals surface area contributed by atoms with Crippen LogP contribution in [0, 0.1) is 0 Å². The largest absolute Gasteiger partial charge is 0.396 e. The number of aliphatic hydroxyl groups excluding tert-OH is 1. The fourth-order valence-electron chi connectivity index (χ4n) is 1.28. The first kappa shape index (κ1) is 10.2. The van der Waals surface area contributed by atoms with Crippen molar-refractivity contribution in [2.75, 3.05) is 6.61 Å². The van der Waals surface area contributed by atoms with E-state index in [1.807, 2.05) is 4.68 Å². The van der Waals surface area contributed by atoms with E-state index in [0.717, 1.165) is 38.1 Å². The van der Waals surface area contributed by atoms with Crippen LogP contribution >= 0.6 is 0 Å². The number of aryl methyl sites for hydroxylation is 2. The van der Waals surface area contributed by atoms with Gasteiger partial charge in [0.2, 0.25) is 0 Å². The third-order valence-corrected chi connectivity index (χ3v) is 1.94. The highest BCUT2D eigenvalue weighted by atomic mass is 16.2. The van der Waals surface area contributed by atoms with Gasteiger partial charge in [0, 0.05) is 19.6 Å². The lowest BCUT2D eigenvalue weighted by Crippen LogP contribution is -2.05. The molecule has 0 amide bonds. The molecule has 1 aromatic rings. The van der Waals surface area contributed by atoms with E-state index in [1.54, 1.807) is 6.33 Å². The number of hydrogen-bond donors (Lipinski definition) is 1. The normalized spacial score (nSPS) is 10.6. The summed E-state index contributed by atoms with van der Waals surface area (Å²) in [5.74, 6) is 1.04. The zero-order chi connectivity index (χ0) is 9.52. The average molecular weight is 183 g/mol. The second-order valence-corrected chi connectivity index (χ2v) is 3.08. The molecule has 0 bridgehead atoms. The highest BCUT2D eigenvalue weighted by molar-refractivity contribution is 4.84. The van der Waals surface area contributed by atoms with Gasteiger partial charge in [0.1, 0.15) is 12.2 Å². The highest BCUT2D eigenvalue weighted by Gasteiger charge is 2.01. The Kier molecular flexibility index (Phi) is 4.46. The SMILES string of the molecule is CCCn1ncnc1CCCCO. The Morgan fingerprint density at radius 2 is 2.31 bits per heavy atom. The van der Waals surface area contributed by atoms with Gasteiger partial charge in [-0.15, -0.1) is 0 Å². The minimum atomic E-state index is 0.266. The topological polar surface area (TPSA) is 50.9 Å². The van der Waals surface area contributed by atoms with Crippen molar-refractivity contribution in [2.24, 2.45) is 0 Å². The molecule has 0 aliphatic carbocycles. The first-order valence-electron chi connectivity index (χ1n) is 4.86. The lowest BCUT2D eigenvalue weighted by molar-refractivity contribution is 0.284. The quantitative estimate of drug-likeness (QED) is 0.669. The van der Waals surface area contributed by atoms with Crippen LogP contribution in [0.1, 0.15) is 32.0 Å². The fourth-order valence-corrected chi connectivity index (χ4v) is 1.28. The van der Waals surface area contributed by atoms with Crippen LogP contribution in [0.3, 0.4) is 0 Å². The molecule has 74 valence electrons. The van der Waals surface area contributed by atoms with Crippen LogP contribution in [0.2, 0.25) is 0 Å². The van der Waals surface area contributed by atoms with Gasteiger partial charge in [-0.3, -0.25) is 4.68 Å². The lowest BCUT2D eigenvalue weighted by Gasteiger charge is -2.02. The van der Waals surface area contributed by atoms with Gasteiger partial charge in [0.05, 0.1) is 0 Å². The molecule has 0 unspecified atom stereocenters. The van der Waals surface area contributed by atoms with Crippen LogP contribution < -0.4 is 0 Å². The van der Waals surface area contributed by atoms with Crippen LogP contribution in [0.5, 0.6) is 0 Å². The molecule has 0 aliphatic rings. The van der Waals surface area contributed by atoms with Crippen LogP contribution in [0.15, 0.2) is 6.33 Å². The molecule has 4 heteroatoms. The van der Waals surface area contributed by atoms with E-state index < -0.39 is 0 Å². The summed E-state index contributed by atoms with van der Waals surface area (Å²) in [6.45, 7) is 3.33. The standard InChI is InChI=1S/C9H17N3O/c1-2-6-12-9(10-8-11-12)5-3-4-7-13/h8,13H,2-7H2,1H3. The first-order valence-corrected chi connectivity index (χ1v) is 4.86. The van der Waals surface area contributed by atoms with E-state index in [-0.39, 0.29) is 6.61 Å². The van der Waals surface area contributed by atoms with Gasteiger partial charge in [-0.2, -0.15) is 5.10 Å². The molecule has 1 rings (SSSR count). The fraction of sp³-hybridized carbons (Fsp3) is 0.778. The third-order valence-electron chi connectivity index (χ3n) is 1.94. The van der Waals surface area contributed by atoms with Gasteiger partial charge >= 0.3 is 0 Å². The lowest BCUT2D eigenvalue weighted by atomic mass is 10.2. The van der Waals surface area contributed by atoms with Gasteiger partial charge in [-0.1, -0.05) is 6.92 Å². The summed E-state index contributed by atoms with van der Waals surface area (Å²) in [7, 11) is 0. The van der Waals surface area contributed by atoms with E-state index in [0.29, 0.717) is 0 Å². The molecule has 1 aromatic heterocycles. The molecule has 1 N–H and O–H groups in total. The summed E-state index contributed by atoms with van der Waals surface area (Å²) in [5, 5.41) is 12.8. The predicted octanol–water partition coefficient (Wildman–Crippen LogP) is 1.00. The van der Waals surface area contributed by atoms with Gasteiger partial charge in [-0.05, 0) is 19.3 Å². The smallest absolute Gasteiger partial charge is 0.138 e. The van der Waals surface area contributed by atoms with Crippen molar-refractivity contribution in [3.63, 3.8) is 0 Å². The summed E-state index contributed by atoms with van der Waals surface area (Å²) in [6.07, 6.45) is 5.43. The van der Waals surface area contributed by atoms with E-state index in [2.05, 4.69) is 17.0 Å². The number of nitrogens with zero attached hydrogens (tertiary/aromatic N) is 3. The molecule has 1 heterocycles. The van der Waals surface area contributed by atoms with E-state index in [4.69, 9.17) is 5.11 Å². The Balaban J connectivity index is 2.40. The molecule has 0 saturated heterocycles. The van der Waals surface area contributed by atoms with Crippen LogP contribution in [0.4, 0.5) is 0 Å². The predicted molar refractivity (Wildman–Crippen MR) is 50.3 cm³/mol. The monoisotopic (exact) mass is 183 g/mol. The number of unbranched alkanes of at least 4 members (excludes halogenated alkanes) is 1. The summed E-state index contributed by atoms with van der Waals surface area (Å²) in [6, 6.07) is 0. The summed E-state index contributed by atoms with van der Waals surface area (Å²) >= 11 is 0. The van der Waals surface area contributed by atoms with Crippen LogP contribution in [-0.2, 0) is 13.0 Å². The Morgan fingerprint density at radius 1 is 1.46 bits per heavy atom. The minimum absolute atomic E-state index is 0.266. The second-order valence-electron chi connectivity index (χ2n) is 3.08. The maximum Gasteiger partial charge on any atom is 0.138 e. The Morgan fingerprint density at radius 3 is 3.00 bits per heavy atom. The maximum atomic E-state index is 8.62. The number of hydrogen-bond acceptors (Lipinski definition) is 3. The van der Waals surface area contributed by atoms with Gasteiger partial charge in [0.15, 0.2) is 0 Å². The molecule has 0 atom stereocenters. The molecule has 13 heavy (non-hydrogen) atoms. The molecule has 0 fully saturated rings. The molecule has 0 radical (unpaired) electrons. The number of aromatic nitrogens is 3. The zero-order valence-electron chi connectivity index (χ0n) is 8.11. The van der Waals surface area contributed by atoms with E-state index in [9.17, 15) is 0 Å². The molecular weight excluding hydrogens is 166 g/mol. The van der Waals surface area contributed by atoms with Crippen molar-refractivity contribution in [2.45, 2.75) is 39.2 Å². The van der Waals surface area contributed by atoms with Gasteiger partial charge in [0.25, 0.3) is 0 Å². The summed E-state index contributed by atoms with van der Waals surface area (Å²) in [4.78, 5) is 4.18. The van der Waals surface area contributed by atoms with E-state index >= 15 is 0 Å². The summed E-state index contributed by atoms with van der Waals surface area (Å²) < 4.78 is 1.94. The average Bonchev–Trinajstić information content (AvgIpc) is 2.54. The maximum absolute atomic E-state index is 8.62. The summed E-state index contributed by atoms with van der Waals surface area (Å²) in [5.41, 5.74) is 0. The Bertz CT molecular complexity index is 235. The van der Waals surface area contributed by atoms with Crippen molar-refractivity contribution >= 4 is 0 Å². The molecule has 0 spiro atoms. The molecular formula is C9H17N3O. The highest BCUT2D eigenvalue weighted by Crippen LogP contribution is 2.01. The van der Waals surface area contributed by atoms with Gasteiger partial charge in [-0.25, -0.2) is 4.98 Å². The van der Waals surface area contributed by atoms with Crippen molar-refractivity contribution < 1.29 is 5.11 Å². The zero-order valence-corrected chi connectivity index (χ0v) is 8.11. The van der Waals surface area contributed by atoms with Crippen molar-refractivity contribution in [3.8, 4) is 0 Å². The second kappa shape index (κ2) is 5.70. The number of rotatable bonds is 6. The van der Waals surface area contributed by atoms with Crippen molar-refractivity contribution in [1.29, 1.82) is 0 Å². The van der Waals surface area contributed by atoms with Crippen molar-refractivity contribution in [1.82, 2.24) is 14.8 Å². The third kappa shape index (κ3) is 3.14. The Hall–Kier alpha value is -0.900. The van der Waals surface area contributed by atoms with E-state index in [1.165, 1.54) is 0 Å². The van der Waals surface area contributed by atoms with Crippen LogP contribution in [0.25, 0.3) is 0 Å². The molecule has 0 aliphatic heterocycles. The number of aliphatic hydroxyl groups is 1.